The zero-order valence-corrected chi connectivity index (χ0v) is 18.5. The maximum atomic E-state index is 12.9. The van der Waals surface area contributed by atoms with Crippen LogP contribution in [0.4, 0.5) is 4.79 Å². The quantitative estimate of drug-likeness (QED) is 0.662. The summed E-state index contributed by atoms with van der Waals surface area (Å²) in [5.74, 6) is -0.655. The Balaban J connectivity index is 1.84. The molecule has 2 amide bonds. The number of hydrogen-bond donors (Lipinski definition) is 1. The fourth-order valence-electron chi connectivity index (χ4n) is 3.89. The highest BCUT2D eigenvalue weighted by Gasteiger charge is 2.38. The number of carbonyl (C=O) groups is 3. The molecule has 0 aromatic carbocycles. The molecule has 3 heterocycles. The van der Waals surface area contributed by atoms with Crippen molar-refractivity contribution < 1.29 is 23.9 Å². The number of likely N-dealkylation sites (tertiary alicyclic amines) is 1. The summed E-state index contributed by atoms with van der Waals surface area (Å²) >= 11 is 1.51. The second-order valence-electron chi connectivity index (χ2n) is 7.38. The molecule has 1 aromatic heterocycles. The highest BCUT2D eigenvalue weighted by atomic mass is 32.1. The first kappa shape index (κ1) is 22.3. The van der Waals surface area contributed by atoms with Crippen molar-refractivity contribution in [3.8, 4) is 0 Å². The molecular formula is C21H29N3O5S. The second kappa shape index (κ2) is 10.1. The third-order valence-corrected chi connectivity index (χ3v) is 6.23. The number of nitrogens with one attached hydrogen (secondary N) is 1. The van der Waals surface area contributed by atoms with E-state index in [9.17, 15) is 14.4 Å². The summed E-state index contributed by atoms with van der Waals surface area (Å²) in [6.45, 7) is 6.05. The van der Waals surface area contributed by atoms with Crippen LogP contribution in [-0.4, -0.2) is 67.7 Å². The Bertz CT molecular complexity index is 800. The first-order valence-corrected chi connectivity index (χ1v) is 11.3. The standard InChI is InChI=1S/C21H29N3O5S/c1-4-28-19(25)14-6-9-24(10-7-14)12-16-17(20(26)29-5-2)18(15-8-11-30-13-15)22-21(27)23(16)3/h8,11,13-14,18H,4-7,9-10,12H2,1-3H3,(H,22,27). The topological polar surface area (TPSA) is 88.2 Å². The van der Waals surface area contributed by atoms with Crippen molar-refractivity contribution in [3.63, 3.8) is 0 Å². The van der Waals surface area contributed by atoms with Gasteiger partial charge in [0.15, 0.2) is 0 Å². The monoisotopic (exact) mass is 435 g/mol. The Labute approximate surface area is 180 Å². The van der Waals surface area contributed by atoms with Crippen molar-refractivity contribution in [1.29, 1.82) is 0 Å². The van der Waals surface area contributed by atoms with Crippen LogP contribution < -0.4 is 5.32 Å². The minimum Gasteiger partial charge on any atom is -0.466 e. The van der Waals surface area contributed by atoms with Crippen LogP contribution in [0.5, 0.6) is 0 Å². The van der Waals surface area contributed by atoms with Gasteiger partial charge in [0.25, 0.3) is 0 Å². The van der Waals surface area contributed by atoms with Gasteiger partial charge in [-0.1, -0.05) is 0 Å². The summed E-state index contributed by atoms with van der Waals surface area (Å²) in [6, 6.07) is 1.12. The van der Waals surface area contributed by atoms with Gasteiger partial charge >= 0.3 is 18.0 Å². The Morgan fingerprint density at radius 1 is 1.20 bits per heavy atom. The van der Waals surface area contributed by atoms with E-state index in [0.717, 1.165) is 5.56 Å². The molecule has 1 aromatic rings. The molecule has 1 saturated heterocycles. The van der Waals surface area contributed by atoms with Crippen molar-refractivity contribution in [2.24, 2.45) is 5.92 Å². The number of likely N-dealkylation sites (N-methyl/N-ethyl adjacent to an activating group) is 1. The average Bonchev–Trinajstić information content (AvgIpc) is 3.27. The van der Waals surface area contributed by atoms with Crippen LogP contribution in [0.3, 0.4) is 0 Å². The van der Waals surface area contributed by atoms with Crippen LogP contribution in [0.1, 0.15) is 38.3 Å². The number of amides is 2. The molecule has 0 aliphatic carbocycles. The van der Waals surface area contributed by atoms with E-state index in [2.05, 4.69) is 10.2 Å². The van der Waals surface area contributed by atoms with E-state index >= 15 is 0 Å². The highest BCUT2D eigenvalue weighted by Crippen LogP contribution is 2.33. The van der Waals surface area contributed by atoms with Gasteiger partial charge in [0.05, 0.1) is 30.7 Å². The Morgan fingerprint density at radius 3 is 2.50 bits per heavy atom. The van der Waals surface area contributed by atoms with Crippen molar-refractivity contribution in [3.05, 3.63) is 33.7 Å². The van der Waals surface area contributed by atoms with E-state index in [1.807, 2.05) is 23.8 Å². The van der Waals surface area contributed by atoms with E-state index in [1.165, 1.54) is 16.2 Å². The minimum absolute atomic E-state index is 0.0920. The van der Waals surface area contributed by atoms with Crippen molar-refractivity contribution >= 4 is 29.3 Å². The number of esters is 2. The summed E-state index contributed by atoms with van der Waals surface area (Å²) < 4.78 is 10.5. The van der Waals surface area contributed by atoms with E-state index in [4.69, 9.17) is 9.47 Å². The van der Waals surface area contributed by atoms with Crippen LogP contribution in [0.2, 0.25) is 0 Å². The van der Waals surface area contributed by atoms with Gasteiger partial charge in [0.1, 0.15) is 0 Å². The molecule has 30 heavy (non-hydrogen) atoms. The minimum atomic E-state index is -0.536. The average molecular weight is 436 g/mol. The van der Waals surface area contributed by atoms with Crippen LogP contribution in [0.15, 0.2) is 28.1 Å². The molecule has 1 N–H and O–H groups in total. The predicted molar refractivity (Wildman–Crippen MR) is 113 cm³/mol. The van der Waals surface area contributed by atoms with Crippen LogP contribution in [-0.2, 0) is 19.1 Å². The molecule has 0 spiro atoms. The summed E-state index contributed by atoms with van der Waals surface area (Å²) in [4.78, 5) is 41.2. The number of nitrogens with zero attached hydrogens (tertiary/aromatic N) is 2. The smallest absolute Gasteiger partial charge is 0.338 e. The van der Waals surface area contributed by atoms with Crippen LogP contribution in [0.25, 0.3) is 0 Å². The number of ether oxygens (including phenoxy) is 2. The Kier molecular flexibility index (Phi) is 7.49. The molecule has 1 unspecified atom stereocenters. The summed E-state index contributed by atoms with van der Waals surface area (Å²) in [7, 11) is 1.67. The van der Waals surface area contributed by atoms with Gasteiger partial charge in [-0.2, -0.15) is 11.3 Å². The Hall–Kier alpha value is -2.39. The molecule has 0 bridgehead atoms. The molecule has 3 rings (SSSR count). The predicted octanol–water partition coefficient (Wildman–Crippen LogP) is 2.54. The lowest BCUT2D eigenvalue weighted by Crippen LogP contribution is -2.50. The first-order chi connectivity index (χ1) is 14.5. The molecule has 1 atom stereocenters. The van der Waals surface area contributed by atoms with E-state index in [-0.39, 0.29) is 24.5 Å². The van der Waals surface area contributed by atoms with E-state index in [0.29, 0.717) is 50.4 Å². The fourth-order valence-corrected chi connectivity index (χ4v) is 4.57. The van der Waals surface area contributed by atoms with E-state index in [1.54, 1.807) is 14.0 Å². The van der Waals surface area contributed by atoms with Gasteiger partial charge in [0.2, 0.25) is 0 Å². The number of carbonyl (C=O) groups excluding carboxylic acids is 3. The SMILES string of the molecule is CCOC(=O)C1=C(CN2CCC(C(=O)OCC)CC2)N(C)C(=O)NC1c1ccsc1. The molecule has 1 fully saturated rings. The zero-order valence-electron chi connectivity index (χ0n) is 17.7. The van der Waals surface area contributed by atoms with Crippen molar-refractivity contribution in [2.75, 3.05) is 39.9 Å². The van der Waals surface area contributed by atoms with Gasteiger partial charge < -0.3 is 14.8 Å². The normalized spacial score (nSPS) is 20.8. The molecule has 0 saturated carbocycles. The van der Waals surface area contributed by atoms with Crippen LogP contribution >= 0.6 is 11.3 Å². The maximum Gasteiger partial charge on any atom is 0.338 e. The lowest BCUT2D eigenvalue weighted by molar-refractivity contribution is -0.149. The lowest BCUT2D eigenvalue weighted by atomic mass is 9.94. The zero-order chi connectivity index (χ0) is 21.7. The molecule has 2 aliphatic rings. The number of hydrogen-bond acceptors (Lipinski definition) is 7. The van der Waals surface area contributed by atoms with Gasteiger partial charge in [-0.25, -0.2) is 9.59 Å². The van der Waals surface area contributed by atoms with Gasteiger partial charge in [-0.15, -0.1) is 0 Å². The van der Waals surface area contributed by atoms with Gasteiger partial charge in [-0.3, -0.25) is 14.6 Å². The third kappa shape index (κ3) is 4.84. The van der Waals surface area contributed by atoms with Crippen molar-refractivity contribution in [1.82, 2.24) is 15.1 Å². The maximum absolute atomic E-state index is 12.9. The number of thiophene rings is 1. The highest BCUT2D eigenvalue weighted by molar-refractivity contribution is 7.08. The molecule has 2 aliphatic heterocycles. The Morgan fingerprint density at radius 2 is 1.90 bits per heavy atom. The largest absolute Gasteiger partial charge is 0.466 e. The van der Waals surface area contributed by atoms with Gasteiger partial charge in [-0.05, 0) is 62.2 Å². The van der Waals surface area contributed by atoms with Gasteiger partial charge in [0, 0.05) is 19.3 Å². The summed E-state index contributed by atoms with van der Waals surface area (Å²) in [5, 5.41) is 6.76. The molecule has 9 heteroatoms. The first-order valence-electron chi connectivity index (χ1n) is 10.3. The molecular weight excluding hydrogens is 406 g/mol. The van der Waals surface area contributed by atoms with Crippen LogP contribution in [0, 0.1) is 5.92 Å². The lowest BCUT2D eigenvalue weighted by Gasteiger charge is -2.38. The molecule has 8 nitrogen and oxygen atoms in total. The van der Waals surface area contributed by atoms with Crippen molar-refractivity contribution in [2.45, 2.75) is 32.7 Å². The number of urea groups is 1. The fraction of sp³-hybridized carbons (Fsp3) is 0.571. The summed E-state index contributed by atoms with van der Waals surface area (Å²) in [5.41, 5.74) is 1.97. The molecule has 164 valence electrons. The van der Waals surface area contributed by atoms with E-state index < -0.39 is 12.0 Å². The third-order valence-electron chi connectivity index (χ3n) is 5.53. The molecule has 0 radical (unpaired) electrons. The summed E-state index contributed by atoms with van der Waals surface area (Å²) in [6.07, 6.45) is 1.40. The second-order valence-corrected chi connectivity index (χ2v) is 8.16. The number of rotatable bonds is 7. The number of piperidine rings is 1.